The second-order valence-corrected chi connectivity index (χ2v) is 8.39. The second kappa shape index (κ2) is 10.6. The number of pyridine rings is 1. The largest absolute Gasteiger partial charge is 0.507 e. The summed E-state index contributed by atoms with van der Waals surface area (Å²) in [7, 11) is 1.46. The third-order valence-corrected chi connectivity index (χ3v) is 6.02. The SMILES string of the molecule is CCCOC(=O)c1ccc(N2C(=O)C(=O)/C(=C(/O)c3cc(OC)ccc3Cl)C2c2cccnc2)cc1. The number of aliphatic hydroxyl groups excluding tert-OH is 1. The molecule has 4 rings (SSSR count). The summed E-state index contributed by atoms with van der Waals surface area (Å²) in [6.45, 7) is 2.19. The predicted molar refractivity (Wildman–Crippen MR) is 134 cm³/mol. The first-order valence-electron chi connectivity index (χ1n) is 11.2. The van der Waals surface area contributed by atoms with Crippen molar-refractivity contribution in [2.75, 3.05) is 18.6 Å². The molecule has 0 aliphatic carbocycles. The van der Waals surface area contributed by atoms with Gasteiger partial charge in [0.2, 0.25) is 0 Å². The van der Waals surface area contributed by atoms with E-state index < -0.39 is 29.5 Å². The van der Waals surface area contributed by atoms with E-state index in [0.717, 1.165) is 0 Å². The zero-order valence-electron chi connectivity index (χ0n) is 19.6. The first-order chi connectivity index (χ1) is 17.4. The minimum absolute atomic E-state index is 0.144. The fourth-order valence-corrected chi connectivity index (χ4v) is 4.15. The van der Waals surface area contributed by atoms with Crippen LogP contribution >= 0.6 is 11.6 Å². The predicted octanol–water partition coefficient (Wildman–Crippen LogP) is 4.94. The monoisotopic (exact) mass is 506 g/mol. The smallest absolute Gasteiger partial charge is 0.338 e. The maximum atomic E-state index is 13.3. The van der Waals surface area contributed by atoms with Gasteiger partial charge in [-0.15, -0.1) is 0 Å². The van der Waals surface area contributed by atoms with Gasteiger partial charge in [-0.2, -0.15) is 0 Å². The highest BCUT2D eigenvalue weighted by molar-refractivity contribution is 6.52. The Labute approximate surface area is 212 Å². The molecule has 0 radical (unpaired) electrons. The van der Waals surface area contributed by atoms with Crippen molar-refractivity contribution in [2.24, 2.45) is 0 Å². The minimum atomic E-state index is -0.987. The molecule has 1 fully saturated rings. The lowest BCUT2D eigenvalue weighted by Gasteiger charge is -2.25. The number of hydrogen-bond donors (Lipinski definition) is 1. The van der Waals surface area contributed by atoms with Gasteiger partial charge < -0.3 is 14.6 Å². The molecule has 1 aliphatic heterocycles. The standard InChI is InChI=1S/C27H23ClN2O6/c1-3-13-36-27(34)16-6-8-18(9-7-16)30-23(17-5-4-12-29-15-17)22(25(32)26(30)33)24(31)20-14-19(35-2)10-11-21(20)28/h4-12,14-15,23,31H,3,13H2,1-2H3/b24-22+. The van der Waals surface area contributed by atoms with Crippen molar-refractivity contribution in [2.45, 2.75) is 19.4 Å². The molecular weight excluding hydrogens is 484 g/mol. The summed E-state index contributed by atoms with van der Waals surface area (Å²) in [6.07, 6.45) is 3.77. The average molecular weight is 507 g/mol. The van der Waals surface area contributed by atoms with Crippen LogP contribution in [0.15, 0.2) is 72.6 Å². The number of carbonyl (C=O) groups excluding carboxylic acids is 3. The summed E-state index contributed by atoms with van der Waals surface area (Å²) < 4.78 is 10.4. The third-order valence-electron chi connectivity index (χ3n) is 5.69. The number of nitrogens with zero attached hydrogens (tertiary/aromatic N) is 2. The van der Waals surface area contributed by atoms with Crippen molar-refractivity contribution in [3.05, 3.63) is 94.3 Å². The van der Waals surface area contributed by atoms with Crippen LogP contribution in [0.25, 0.3) is 5.76 Å². The van der Waals surface area contributed by atoms with E-state index in [-0.39, 0.29) is 16.2 Å². The number of methoxy groups -OCH3 is 1. The van der Waals surface area contributed by atoms with Crippen molar-refractivity contribution >= 4 is 40.7 Å². The lowest BCUT2D eigenvalue weighted by Crippen LogP contribution is -2.29. The summed E-state index contributed by atoms with van der Waals surface area (Å²) in [5.41, 5.74) is 1.17. The van der Waals surface area contributed by atoms with Crippen LogP contribution in [0.5, 0.6) is 5.75 Å². The number of ether oxygens (including phenoxy) is 2. The number of rotatable bonds is 7. The molecule has 2 aromatic carbocycles. The van der Waals surface area contributed by atoms with Crippen LogP contribution in [0.2, 0.25) is 5.02 Å². The van der Waals surface area contributed by atoms with Crippen LogP contribution in [0.4, 0.5) is 5.69 Å². The first-order valence-corrected chi connectivity index (χ1v) is 11.6. The van der Waals surface area contributed by atoms with E-state index in [1.165, 1.54) is 42.5 Å². The molecule has 3 aromatic rings. The number of hydrogen-bond acceptors (Lipinski definition) is 7. The number of aromatic nitrogens is 1. The van der Waals surface area contributed by atoms with E-state index in [9.17, 15) is 19.5 Å². The van der Waals surface area contributed by atoms with Gasteiger partial charge in [-0.1, -0.05) is 24.6 Å². The number of ketones is 1. The highest BCUT2D eigenvalue weighted by Gasteiger charge is 2.47. The zero-order chi connectivity index (χ0) is 25.8. The summed E-state index contributed by atoms with van der Waals surface area (Å²) >= 11 is 6.33. The number of Topliss-reactive ketones (excluding diaryl/α,β-unsaturated/α-hetero) is 1. The maximum Gasteiger partial charge on any atom is 0.338 e. The minimum Gasteiger partial charge on any atom is -0.507 e. The van der Waals surface area contributed by atoms with Gasteiger partial charge in [0.15, 0.2) is 0 Å². The quantitative estimate of drug-likeness (QED) is 0.209. The summed E-state index contributed by atoms with van der Waals surface area (Å²) in [5.74, 6) is -2.23. The number of halogens is 1. The molecule has 1 saturated heterocycles. The molecule has 1 atom stereocenters. The third kappa shape index (κ3) is 4.67. The number of anilines is 1. The van der Waals surface area contributed by atoms with Gasteiger partial charge in [-0.05, 0) is 60.5 Å². The highest BCUT2D eigenvalue weighted by atomic mass is 35.5. The van der Waals surface area contributed by atoms with Crippen LogP contribution in [0.1, 0.15) is 40.9 Å². The molecule has 1 unspecified atom stereocenters. The van der Waals surface area contributed by atoms with E-state index >= 15 is 0 Å². The average Bonchev–Trinajstić information content (AvgIpc) is 3.17. The Morgan fingerprint density at radius 3 is 2.53 bits per heavy atom. The van der Waals surface area contributed by atoms with Crippen LogP contribution in [0, 0.1) is 0 Å². The molecule has 1 aliphatic rings. The number of aliphatic hydroxyl groups is 1. The topological polar surface area (TPSA) is 106 Å². The van der Waals surface area contributed by atoms with Crippen LogP contribution in [0.3, 0.4) is 0 Å². The number of carbonyl (C=O) groups is 3. The van der Waals surface area contributed by atoms with Crippen LogP contribution in [-0.2, 0) is 14.3 Å². The van der Waals surface area contributed by atoms with E-state index in [4.69, 9.17) is 21.1 Å². The normalized spacial score (nSPS) is 16.8. The molecule has 0 bridgehead atoms. The molecule has 9 heteroatoms. The Morgan fingerprint density at radius 1 is 1.14 bits per heavy atom. The molecule has 1 aromatic heterocycles. The molecule has 184 valence electrons. The van der Waals surface area contributed by atoms with Crippen LogP contribution < -0.4 is 9.64 Å². The molecule has 2 heterocycles. The molecule has 1 N–H and O–H groups in total. The van der Waals surface area contributed by atoms with Gasteiger partial charge in [0, 0.05) is 23.6 Å². The van der Waals surface area contributed by atoms with Crippen molar-refractivity contribution in [1.29, 1.82) is 0 Å². The number of amides is 1. The summed E-state index contributed by atoms with van der Waals surface area (Å²) in [4.78, 5) is 44.1. The fourth-order valence-electron chi connectivity index (χ4n) is 3.95. The Kier molecular flexibility index (Phi) is 7.36. The second-order valence-electron chi connectivity index (χ2n) is 7.98. The highest BCUT2D eigenvalue weighted by Crippen LogP contribution is 2.43. The van der Waals surface area contributed by atoms with Gasteiger partial charge in [-0.25, -0.2) is 4.79 Å². The summed E-state index contributed by atoms with van der Waals surface area (Å²) in [5, 5.41) is 11.4. The Morgan fingerprint density at radius 2 is 1.89 bits per heavy atom. The zero-order valence-corrected chi connectivity index (χ0v) is 20.4. The summed E-state index contributed by atoms with van der Waals surface area (Å²) in [6, 6.07) is 13.2. The molecule has 36 heavy (non-hydrogen) atoms. The fraction of sp³-hybridized carbons (Fsp3) is 0.185. The Bertz CT molecular complexity index is 1340. The van der Waals surface area contributed by atoms with Crippen molar-refractivity contribution in [1.82, 2.24) is 4.98 Å². The molecule has 0 spiro atoms. The van der Waals surface area contributed by atoms with Crippen LogP contribution in [-0.4, -0.2) is 41.5 Å². The van der Waals surface area contributed by atoms with Crippen molar-refractivity contribution in [3.8, 4) is 5.75 Å². The first kappa shape index (κ1) is 24.9. The lowest BCUT2D eigenvalue weighted by molar-refractivity contribution is -0.132. The molecular formula is C27H23ClN2O6. The lowest BCUT2D eigenvalue weighted by atomic mass is 9.96. The molecule has 8 nitrogen and oxygen atoms in total. The Balaban J connectivity index is 1.84. The van der Waals surface area contributed by atoms with Gasteiger partial charge in [0.05, 0.1) is 35.9 Å². The van der Waals surface area contributed by atoms with E-state index in [2.05, 4.69) is 4.98 Å². The van der Waals surface area contributed by atoms with Gasteiger partial charge in [0.1, 0.15) is 11.5 Å². The maximum absolute atomic E-state index is 13.3. The number of benzene rings is 2. The van der Waals surface area contributed by atoms with Crippen molar-refractivity contribution < 1.29 is 29.0 Å². The molecule has 0 saturated carbocycles. The Hall–Kier alpha value is -4.17. The molecule has 1 amide bonds. The van der Waals surface area contributed by atoms with E-state index in [0.29, 0.717) is 35.6 Å². The van der Waals surface area contributed by atoms with Gasteiger partial charge in [0.25, 0.3) is 11.7 Å². The van der Waals surface area contributed by atoms with E-state index in [1.807, 2.05) is 6.92 Å². The van der Waals surface area contributed by atoms with E-state index in [1.54, 1.807) is 36.5 Å². The van der Waals surface area contributed by atoms with Gasteiger partial charge in [-0.3, -0.25) is 19.5 Å². The van der Waals surface area contributed by atoms with Crippen molar-refractivity contribution in [3.63, 3.8) is 0 Å². The number of esters is 1. The van der Waals surface area contributed by atoms with Gasteiger partial charge >= 0.3 is 5.97 Å².